The maximum atomic E-state index is 9.84. The van der Waals surface area contributed by atoms with Crippen molar-refractivity contribution in [3.8, 4) is 0 Å². The van der Waals surface area contributed by atoms with Crippen LogP contribution in [0.1, 0.15) is 5.56 Å². The molecule has 0 aliphatic rings. The molecule has 0 fully saturated rings. The van der Waals surface area contributed by atoms with Crippen LogP contribution in [-0.4, -0.2) is 65.8 Å². The van der Waals surface area contributed by atoms with Gasteiger partial charge in [0.2, 0.25) is 0 Å². The maximum absolute atomic E-state index is 9.84. The number of ether oxygens (including phenoxy) is 1. The lowest BCUT2D eigenvalue weighted by molar-refractivity contribution is 0.00524. The highest BCUT2D eigenvalue weighted by Crippen LogP contribution is 2.10. The summed E-state index contributed by atoms with van der Waals surface area (Å²) in [6.45, 7) is 1.83. The summed E-state index contributed by atoms with van der Waals surface area (Å²) < 4.78 is 5.43. The van der Waals surface area contributed by atoms with Gasteiger partial charge in [0.25, 0.3) is 0 Å². The third-order valence-electron chi connectivity index (χ3n) is 2.79. The molecule has 0 bridgehead atoms. The zero-order valence-electron chi connectivity index (χ0n) is 11.8. The number of hydrogen-bond acceptors (Lipinski definition) is 5. The van der Waals surface area contributed by atoms with Gasteiger partial charge < -0.3 is 20.1 Å². The van der Waals surface area contributed by atoms with E-state index in [9.17, 15) is 5.11 Å². The molecule has 0 saturated carbocycles. The highest BCUT2D eigenvalue weighted by atomic mass is 35.5. The second-order valence-electron chi connectivity index (χ2n) is 4.54. The van der Waals surface area contributed by atoms with Crippen molar-refractivity contribution in [3.05, 3.63) is 34.9 Å². The first-order chi connectivity index (χ1) is 9.65. The molecule has 0 radical (unpaired) electrons. The number of aliphatic hydroxyl groups is 3. The molecule has 0 amide bonds. The van der Waals surface area contributed by atoms with E-state index in [2.05, 4.69) is 0 Å². The fourth-order valence-corrected chi connectivity index (χ4v) is 1.95. The molecule has 0 spiro atoms. The van der Waals surface area contributed by atoms with Crippen LogP contribution in [0.4, 0.5) is 0 Å². The van der Waals surface area contributed by atoms with Gasteiger partial charge in [0.1, 0.15) is 0 Å². The summed E-state index contributed by atoms with van der Waals surface area (Å²) in [5, 5.41) is 28.3. The van der Waals surface area contributed by atoms with E-state index in [1.165, 1.54) is 0 Å². The molecule has 0 saturated heterocycles. The molecule has 0 heterocycles. The number of halogens is 2. The standard InChI is InChI=1S/C14H22ClNO4.ClH/c15-13-3-1-12(2-4-13)10-20-11-14(19)9-16(5-7-17)6-8-18;/h1-4,14,17-19H,5-11H2;1H. The summed E-state index contributed by atoms with van der Waals surface area (Å²) in [4.78, 5) is 1.79. The summed E-state index contributed by atoms with van der Waals surface area (Å²) in [6.07, 6.45) is -0.652. The van der Waals surface area contributed by atoms with Crippen LogP contribution < -0.4 is 0 Å². The van der Waals surface area contributed by atoms with Crippen LogP contribution in [0.5, 0.6) is 0 Å². The number of rotatable bonds is 10. The van der Waals surface area contributed by atoms with Crippen molar-refractivity contribution in [3.63, 3.8) is 0 Å². The van der Waals surface area contributed by atoms with Gasteiger partial charge in [-0.15, -0.1) is 12.4 Å². The van der Waals surface area contributed by atoms with Crippen LogP contribution >= 0.6 is 24.0 Å². The first-order valence-electron chi connectivity index (χ1n) is 6.60. The van der Waals surface area contributed by atoms with Crippen molar-refractivity contribution in [2.75, 3.05) is 39.5 Å². The average molecular weight is 340 g/mol. The fourth-order valence-electron chi connectivity index (χ4n) is 1.82. The van der Waals surface area contributed by atoms with Crippen molar-refractivity contribution in [1.29, 1.82) is 0 Å². The summed E-state index contributed by atoms with van der Waals surface area (Å²) in [6, 6.07) is 7.33. The van der Waals surface area contributed by atoms with Crippen molar-refractivity contribution in [2.24, 2.45) is 0 Å². The number of nitrogens with zero attached hydrogens (tertiary/aromatic N) is 1. The minimum Gasteiger partial charge on any atom is -0.395 e. The Balaban J connectivity index is 0.00000400. The number of benzene rings is 1. The van der Waals surface area contributed by atoms with Gasteiger partial charge >= 0.3 is 0 Å². The summed E-state index contributed by atoms with van der Waals surface area (Å²) in [5.41, 5.74) is 0.990. The Morgan fingerprint density at radius 3 is 2.19 bits per heavy atom. The molecular formula is C14H23Cl2NO4. The Morgan fingerprint density at radius 2 is 1.67 bits per heavy atom. The molecule has 0 aliphatic carbocycles. The van der Waals surface area contributed by atoms with Crippen LogP contribution in [0.15, 0.2) is 24.3 Å². The quantitative estimate of drug-likeness (QED) is 0.591. The molecule has 21 heavy (non-hydrogen) atoms. The van der Waals surface area contributed by atoms with Crippen molar-refractivity contribution in [2.45, 2.75) is 12.7 Å². The van der Waals surface area contributed by atoms with Gasteiger partial charge in [0, 0.05) is 24.7 Å². The van der Waals surface area contributed by atoms with Crippen molar-refractivity contribution >= 4 is 24.0 Å². The molecule has 1 rings (SSSR count). The minimum absolute atomic E-state index is 0. The SMILES string of the molecule is Cl.OCCN(CCO)CC(O)COCc1ccc(Cl)cc1. The van der Waals surface area contributed by atoms with Crippen LogP contribution in [0.3, 0.4) is 0 Å². The van der Waals surface area contributed by atoms with E-state index in [-0.39, 0.29) is 32.2 Å². The first-order valence-corrected chi connectivity index (χ1v) is 6.98. The Bertz CT molecular complexity index is 358. The van der Waals surface area contributed by atoms with Gasteiger partial charge in [-0.05, 0) is 17.7 Å². The van der Waals surface area contributed by atoms with Gasteiger partial charge in [-0.1, -0.05) is 23.7 Å². The maximum Gasteiger partial charge on any atom is 0.0900 e. The first kappa shape index (κ1) is 20.6. The van der Waals surface area contributed by atoms with Gasteiger partial charge in [0.15, 0.2) is 0 Å². The van der Waals surface area contributed by atoms with E-state index in [1.54, 1.807) is 17.0 Å². The van der Waals surface area contributed by atoms with E-state index in [1.807, 2.05) is 12.1 Å². The van der Waals surface area contributed by atoms with Gasteiger partial charge in [-0.25, -0.2) is 0 Å². The summed E-state index contributed by atoms with van der Waals surface area (Å²) in [5.74, 6) is 0. The molecule has 1 atom stereocenters. The Labute approximate surface area is 136 Å². The molecule has 7 heteroatoms. The second-order valence-corrected chi connectivity index (χ2v) is 4.98. The smallest absolute Gasteiger partial charge is 0.0900 e. The summed E-state index contributed by atoms with van der Waals surface area (Å²) in [7, 11) is 0. The lowest BCUT2D eigenvalue weighted by Gasteiger charge is -2.23. The number of hydrogen-bond donors (Lipinski definition) is 3. The van der Waals surface area contributed by atoms with Crippen molar-refractivity contribution in [1.82, 2.24) is 4.90 Å². The highest BCUT2D eigenvalue weighted by molar-refractivity contribution is 6.30. The Kier molecular flexibility index (Phi) is 11.9. The van der Waals surface area contributed by atoms with E-state index in [4.69, 9.17) is 26.6 Å². The van der Waals surface area contributed by atoms with Gasteiger partial charge in [-0.3, -0.25) is 4.90 Å². The Hall–Kier alpha value is -0.400. The lowest BCUT2D eigenvalue weighted by atomic mass is 10.2. The molecule has 3 N–H and O–H groups in total. The van der Waals surface area contributed by atoms with E-state index < -0.39 is 6.10 Å². The molecule has 0 aliphatic heterocycles. The average Bonchev–Trinajstić information content (AvgIpc) is 2.41. The van der Waals surface area contributed by atoms with Crippen LogP contribution in [-0.2, 0) is 11.3 Å². The minimum atomic E-state index is -0.652. The summed E-state index contributed by atoms with van der Waals surface area (Å²) >= 11 is 5.79. The van der Waals surface area contributed by atoms with Gasteiger partial charge in [-0.2, -0.15) is 0 Å². The highest BCUT2D eigenvalue weighted by Gasteiger charge is 2.11. The van der Waals surface area contributed by atoms with E-state index in [0.717, 1.165) is 5.56 Å². The molecule has 5 nitrogen and oxygen atoms in total. The third-order valence-corrected chi connectivity index (χ3v) is 3.05. The van der Waals surface area contributed by atoms with Crippen LogP contribution in [0, 0.1) is 0 Å². The predicted molar refractivity (Wildman–Crippen MR) is 85.0 cm³/mol. The van der Waals surface area contributed by atoms with Crippen LogP contribution in [0.2, 0.25) is 5.02 Å². The third kappa shape index (κ3) is 9.26. The Morgan fingerprint density at radius 1 is 1.10 bits per heavy atom. The largest absolute Gasteiger partial charge is 0.395 e. The monoisotopic (exact) mass is 339 g/mol. The number of aliphatic hydroxyl groups excluding tert-OH is 3. The zero-order chi connectivity index (χ0) is 14.8. The van der Waals surface area contributed by atoms with Crippen LogP contribution in [0.25, 0.3) is 0 Å². The fraction of sp³-hybridized carbons (Fsp3) is 0.571. The van der Waals surface area contributed by atoms with E-state index in [0.29, 0.717) is 31.3 Å². The molecule has 1 aromatic carbocycles. The lowest BCUT2D eigenvalue weighted by Crippen LogP contribution is -2.38. The topological polar surface area (TPSA) is 73.2 Å². The molecule has 1 aromatic rings. The van der Waals surface area contributed by atoms with E-state index >= 15 is 0 Å². The predicted octanol–water partition coefficient (Wildman–Crippen LogP) is 0.926. The zero-order valence-corrected chi connectivity index (χ0v) is 13.4. The molecule has 122 valence electrons. The van der Waals surface area contributed by atoms with Crippen molar-refractivity contribution < 1.29 is 20.1 Å². The molecule has 0 aromatic heterocycles. The molecular weight excluding hydrogens is 317 g/mol. The van der Waals surface area contributed by atoms with Gasteiger partial charge in [0.05, 0.1) is 32.5 Å². The second kappa shape index (κ2) is 12.2. The normalized spacial score (nSPS) is 12.2. The molecule has 1 unspecified atom stereocenters.